The van der Waals surface area contributed by atoms with E-state index in [4.69, 9.17) is 16.3 Å². The van der Waals surface area contributed by atoms with Crippen LogP contribution < -0.4 is 4.90 Å². The SMILES string of the molecule is Cc1cc(Cl)ccc1N1CCC(N(C)C(=O)OC(C)(C)C)CC1. The highest BCUT2D eigenvalue weighted by atomic mass is 35.5. The first-order valence-electron chi connectivity index (χ1n) is 8.14. The highest BCUT2D eigenvalue weighted by Crippen LogP contribution is 2.27. The first-order valence-corrected chi connectivity index (χ1v) is 8.52. The van der Waals surface area contributed by atoms with Gasteiger partial charge in [0.1, 0.15) is 5.60 Å². The molecule has 0 saturated carbocycles. The van der Waals surface area contributed by atoms with Crippen LogP contribution in [0.1, 0.15) is 39.2 Å². The van der Waals surface area contributed by atoms with Gasteiger partial charge in [-0.3, -0.25) is 0 Å². The van der Waals surface area contributed by atoms with E-state index in [2.05, 4.69) is 17.9 Å². The van der Waals surface area contributed by atoms with Crippen LogP contribution in [-0.4, -0.2) is 42.8 Å². The summed E-state index contributed by atoms with van der Waals surface area (Å²) < 4.78 is 5.46. The van der Waals surface area contributed by atoms with Crippen molar-refractivity contribution in [1.29, 1.82) is 0 Å². The maximum atomic E-state index is 12.2. The lowest BCUT2D eigenvalue weighted by Crippen LogP contribution is -2.47. The molecule has 1 aromatic carbocycles. The van der Waals surface area contributed by atoms with Crippen molar-refractivity contribution in [2.75, 3.05) is 25.0 Å². The molecule has 1 saturated heterocycles. The van der Waals surface area contributed by atoms with Crippen molar-refractivity contribution in [3.63, 3.8) is 0 Å². The van der Waals surface area contributed by atoms with Crippen molar-refractivity contribution in [3.05, 3.63) is 28.8 Å². The second-order valence-corrected chi connectivity index (χ2v) is 7.68. The molecule has 128 valence electrons. The Balaban J connectivity index is 1.94. The Labute approximate surface area is 144 Å². The number of hydrogen-bond acceptors (Lipinski definition) is 3. The fourth-order valence-electron chi connectivity index (χ4n) is 2.95. The normalized spacial score (nSPS) is 16.3. The molecular formula is C18H27ClN2O2. The monoisotopic (exact) mass is 338 g/mol. The number of ether oxygens (including phenoxy) is 1. The number of halogens is 1. The zero-order chi connectivity index (χ0) is 17.2. The van der Waals surface area contributed by atoms with E-state index < -0.39 is 5.60 Å². The van der Waals surface area contributed by atoms with Gasteiger partial charge in [0.05, 0.1) is 0 Å². The van der Waals surface area contributed by atoms with Crippen LogP contribution in [0.15, 0.2) is 18.2 Å². The summed E-state index contributed by atoms with van der Waals surface area (Å²) in [5, 5.41) is 0.769. The minimum Gasteiger partial charge on any atom is -0.444 e. The van der Waals surface area contributed by atoms with Gasteiger partial charge < -0.3 is 14.5 Å². The molecule has 23 heavy (non-hydrogen) atoms. The molecule has 1 aliphatic heterocycles. The molecule has 0 atom stereocenters. The van der Waals surface area contributed by atoms with Gasteiger partial charge in [0.25, 0.3) is 0 Å². The standard InChI is InChI=1S/C18H27ClN2O2/c1-13-12-14(19)6-7-16(13)21-10-8-15(9-11-21)20(5)17(22)23-18(2,3)4/h6-7,12,15H,8-11H2,1-5H3. The van der Waals surface area contributed by atoms with E-state index in [0.717, 1.165) is 31.0 Å². The molecular weight excluding hydrogens is 312 g/mol. The fourth-order valence-corrected chi connectivity index (χ4v) is 3.18. The van der Waals surface area contributed by atoms with Crippen molar-refractivity contribution >= 4 is 23.4 Å². The Hall–Kier alpha value is -1.42. The van der Waals surface area contributed by atoms with Gasteiger partial charge in [-0.15, -0.1) is 0 Å². The number of benzene rings is 1. The number of nitrogens with zero attached hydrogens (tertiary/aromatic N) is 2. The minimum atomic E-state index is -0.452. The quantitative estimate of drug-likeness (QED) is 0.796. The van der Waals surface area contributed by atoms with Crippen LogP contribution in [0.25, 0.3) is 0 Å². The van der Waals surface area contributed by atoms with Crippen molar-refractivity contribution in [2.45, 2.75) is 52.2 Å². The van der Waals surface area contributed by atoms with Gasteiger partial charge >= 0.3 is 6.09 Å². The molecule has 1 aliphatic rings. The molecule has 0 aromatic heterocycles. The van der Waals surface area contributed by atoms with E-state index in [1.807, 2.05) is 40.0 Å². The van der Waals surface area contributed by atoms with Gasteiger partial charge in [-0.2, -0.15) is 0 Å². The summed E-state index contributed by atoms with van der Waals surface area (Å²) in [6, 6.07) is 6.24. The van der Waals surface area contributed by atoms with Crippen LogP contribution in [0.5, 0.6) is 0 Å². The average molecular weight is 339 g/mol. The number of amides is 1. The Morgan fingerprint density at radius 1 is 1.30 bits per heavy atom. The maximum absolute atomic E-state index is 12.2. The van der Waals surface area contributed by atoms with Crippen LogP contribution >= 0.6 is 11.6 Å². The number of anilines is 1. The molecule has 2 rings (SSSR count). The number of aryl methyl sites for hydroxylation is 1. The predicted molar refractivity (Wildman–Crippen MR) is 95.4 cm³/mol. The van der Waals surface area contributed by atoms with Crippen molar-refractivity contribution in [3.8, 4) is 0 Å². The van der Waals surface area contributed by atoms with E-state index in [0.29, 0.717) is 0 Å². The third kappa shape index (κ3) is 4.77. The van der Waals surface area contributed by atoms with Crippen LogP contribution in [0, 0.1) is 6.92 Å². The van der Waals surface area contributed by atoms with Crippen LogP contribution in [0.4, 0.5) is 10.5 Å². The van der Waals surface area contributed by atoms with Gasteiger partial charge in [-0.05, 0) is 64.3 Å². The van der Waals surface area contributed by atoms with Crippen LogP contribution in [-0.2, 0) is 4.74 Å². The summed E-state index contributed by atoms with van der Waals surface area (Å²) in [5.74, 6) is 0. The smallest absolute Gasteiger partial charge is 0.410 e. The summed E-state index contributed by atoms with van der Waals surface area (Å²) in [7, 11) is 1.84. The molecule has 0 unspecified atom stereocenters. The molecule has 0 aliphatic carbocycles. The third-order valence-corrected chi connectivity index (χ3v) is 4.43. The van der Waals surface area contributed by atoms with Crippen molar-refractivity contribution in [2.24, 2.45) is 0 Å². The molecule has 0 radical (unpaired) electrons. The second-order valence-electron chi connectivity index (χ2n) is 7.24. The Bertz CT molecular complexity index is 561. The summed E-state index contributed by atoms with van der Waals surface area (Å²) in [4.78, 5) is 16.3. The number of hydrogen-bond donors (Lipinski definition) is 0. The van der Waals surface area contributed by atoms with Gasteiger partial charge in [0, 0.05) is 36.9 Å². The first-order chi connectivity index (χ1) is 10.7. The lowest BCUT2D eigenvalue weighted by molar-refractivity contribution is 0.0201. The van der Waals surface area contributed by atoms with Gasteiger partial charge in [0.15, 0.2) is 0 Å². The van der Waals surface area contributed by atoms with E-state index in [1.165, 1.54) is 11.3 Å². The molecule has 1 amide bonds. The Morgan fingerprint density at radius 2 is 1.91 bits per heavy atom. The lowest BCUT2D eigenvalue weighted by Gasteiger charge is -2.38. The van der Waals surface area contributed by atoms with Gasteiger partial charge in [-0.25, -0.2) is 4.79 Å². The van der Waals surface area contributed by atoms with E-state index in [1.54, 1.807) is 4.90 Å². The zero-order valence-corrected chi connectivity index (χ0v) is 15.5. The molecule has 1 heterocycles. The lowest BCUT2D eigenvalue weighted by atomic mass is 10.0. The van der Waals surface area contributed by atoms with Crippen molar-refractivity contribution in [1.82, 2.24) is 4.90 Å². The minimum absolute atomic E-state index is 0.230. The molecule has 4 nitrogen and oxygen atoms in total. The molecule has 1 fully saturated rings. The van der Waals surface area contributed by atoms with Crippen molar-refractivity contribution < 1.29 is 9.53 Å². The second kappa shape index (κ2) is 7.00. The number of rotatable bonds is 2. The van der Waals surface area contributed by atoms with Gasteiger partial charge in [-0.1, -0.05) is 11.6 Å². The molecule has 1 aromatic rings. The maximum Gasteiger partial charge on any atom is 0.410 e. The van der Waals surface area contributed by atoms with Crippen LogP contribution in [0.2, 0.25) is 5.02 Å². The zero-order valence-electron chi connectivity index (χ0n) is 14.7. The fraction of sp³-hybridized carbons (Fsp3) is 0.611. The predicted octanol–water partition coefficient (Wildman–Crippen LogP) is 4.48. The van der Waals surface area contributed by atoms with E-state index >= 15 is 0 Å². The topological polar surface area (TPSA) is 32.8 Å². The third-order valence-electron chi connectivity index (χ3n) is 4.19. The summed E-state index contributed by atoms with van der Waals surface area (Å²) in [5.41, 5.74) is 1.97. The number of carbonyl (C=O) groups excluding carboxylic acids is 1. The summed E-state index contributed by atoms with van der Waals surface area (Å²) in [6.45, 7) is 9.63. The highest BCUT2D eigenvalue weighted by molar-refractivity contribution is 6.30. The van der Waals surface area contributed by atoms with E-state index in [-0.39, 0.29) is 12.1 Å². The first kappa shape index (κ1) is 17.9. The average Bonchev–Trinajstić information content (AvgIpc) is 2.45. The van der Waals surface area contributed by atoms with Gasteiger partial charge in [0.2, 0.25) is 0 Å². The number of carbonyl (C=O) groups is 1. The highest BCUT2D eigenvalue weighted by Gasteiger charge is 2.28. The number of piperidine rings is 1. The molecule has 5 heteroatoms. The summed E-state index contributed by atoms with van der Waals surface area (Å²) >= 11 is 6.03. The molecule has 0 N–H and O–H groups in total. The molecule has 0 bridgehead atoms. The Morgan fingerprint density at radius 3 is 2.43 bits per heavy atom. The Kier molecular flexibility index (Phi) is 5.45. The van der Waals surface area contributed by atoms with Crippen LogP contribution in [0.3, 0.4) is 0 Å². The summed E-state index contributed by atoms with van der Waals surface area (Å²) in [6.07, 6.45) is 1.65. The van der Waals surface area contributed by atoms with E-state index in [9.17, 15) is 4.79 Å². The molecule has 0 spiro atoms. The largest absolute Gasteiger partial charge is 0.444 e.